The molecule has 0 aliphatic carbocycles. The van der Waals surface area contributed by atoms with Crippen molar-refractivity contribution >= 4 is 27.2 Å². The van der Waals surface area contributed by atoms with Gasteiger partial charge in [-0.3, -0.25) is 4.18 Å². The molecule has 0 aromatic heterocycles. The van der Waals surface area contributed by atoms with Gasteiger partial charge < -0.3 is 4.90 Å². The molecule has 0 heterocycles. The highest BCUT2D eigenvalue weighted by atomic mass is 32.2. The van der Waals surface area contributed by atoms with Gasteiger partial charge >= 0.3 is 0 Å². The highest BCUT2D eigenvalue weighted by Gasteiger charge is 2.23. The highest BCUT2D eigenvalue weighted by Crippen LogP contribution is 2.24. The van der Waals surface area contributed by atoms with Crippen LogP contribution in [0, 0.1) is 0 Å². The average molecular weight is 361 g/mol. The molecule has 134 valence electrons. The molecule has 2 rings (SSSR count). The fraction of sp³-hybridized carbons (Fsp3) is 0.333. The molecule has 0 aliphatic heterocycles. The zero-order valence-electron chi connectivity index (χ0n) is 15.1. The van der Waals surface area contributed by atoms with E-state index in [0.717, 1.165) is 11.4 Å². The predicted octanol–water partition coefficient (Wildman–Crippen LogP) is 4.67. The molecule has 7 heteroatoms. The van der Waals surface area contributed by atoms with Gasteiger partial charge in [0.15, 0.2) is 0 Å². The van der Waals surface area contributed by atoms with E-state index in [0.29, 0.717) is 5.69 Å². The topological polar surface area (TPSA) is 71.3 Å². The van der Waals surface area contributed by atoms with Crippen LogP contribution in [0.5, 0.6) is 0 Å². The monoisotopic (exact) mass is 361 g/mol. The molecule has 0 atom stereocenters. The van der Waals surface area contributed by atoms with E-state index in [-0.39, 0.29) is 4.90 Å². The summed E-state index contributed by atoms with van der Waals surface area (Å²) < 4.78 is 29.4. The van der Waals surface area contributed by atoms with Gasteiger partial charge in [0.2, 0.25) is 0 Å². The number of rotatable bonds is 5. The molecule has 25 heavy (non-hydrogen) atoms. The summed E-state index contributed by atoms with van der Waals surface area (Å²) in [6.45, 7) is 5.07. The molecule has 0 saturated heterocycles. The minimum absolute atomic E-state index is 0.0942. The van der Waals surface area contributed by atoms with Crippen molar-refractivity contribution in [3.05, 3.63) is 48.5 Å². The summed E-state index contributed by atoms with van der Waals surface area (Å²) in [7, 11) is 0.144. The van der Waals surface area contributed by atoms with Crippen molar-refractivity contribution in [3.8, 4) is 0 Å². The summed E-state index contributed by atoms with van der Waals surface area (Å²) in [5.74, 6) is 0. The van der Waals surface area contributed by atoms with Crippen molar-refractivity contribution in [2.24, 2.45) is 10.2 Å². The Morgan fingerprint density at radius 2 is 1.28 bits per heavy atom. The molecular formula is C18H23N3O3S. The molecular weight excluding hydrogens is 338 g/mol. The fourth-order valence-corrected chi connectivity index (χ4v) is 3.21. The van der Waals surface area contributed by atoms with Gasteiger partial charge in [-0.25, -0.2) is 0 Å². The van der Waals surface area contributed by atoms with E-state index >= 15 is 0 Å². The molecule has 2 aromatic rings. The number of azo groups is 1. The lowest BCUT2D eigenvalue weighted by Crippen LogP contribution is -2.24. The van der Waals surface area contributed by atoms with Crippen LogP contribution in [0.2, 0.25) is 0 Å². The van der Waals surface area contributed by atoms with E-state index in [1.54, 1.807) is 32.9 Å². The predicted molar refractivity (Wildman–Crippen MR) is 99.4 cm³/mol. The Labute approximate surface area is 149 Å². The second-order valence-corrected chi connectivity index (χ2v) is 8.30. The van der Waals surface area contributed by atoms with Crippen molar-refractivity contribution in [2.45, 2.75) is 31.3 Å². The normalized spacial score (nSPS) is 12.5. The van der Waals surface area contributed by atoms with Crippen LogP contribution in [0.4, 0.5) is 17.1 Å². The number of benzene rings is 2. The Morgan fingerprint density at radius 3 is 1.68 bits per heavy atom. The van der Waals surface area contributed by atoms with E-state index in [1.807, 2.05) is 43.3 Å². The Hall–Kier alpha value is -2.25. The van der Waals surface area contributed by atoms with Crippen LogP contribution < -0.4 is 4.90 Å². The second kappa shape index (κ2) is 7.33. The Kier molecular flexibility index (Phi) is 5.59. The van der Waals surface area contributed by atoms with E-state index in [9.17, 15) is 8.42 Å². The first-order valence-corrected chi connectivity index (χ1v) is 9.22. The zero-order chi connectivity index (χ0) is 18.7. The van der Waals surface area contributed by atoms with Gasteiger partial charge in [-0.05, 0) is 69.3 Å². The molecule has 0 N–H and O–H groups in total. The van der Waals surface area contributed by atoms with E-state index in [4.69, 9.17) is 4.18 Å². The van der Waals surface area contributed by atoms with Gasteiger partial charge in [0, 0.05) is 19.8 Å². The van der Waals surface area contributed by atoms with Crippen LogP contribution >= 0.6 is 0 Å². The van der Waals surface area contributed by atoms with Crippen LogP contribution in [0.25, 0.3) is 0 Å². The van der Waals surface area contributed by atoms with Crippen molar-refractivity contribution in [1.82, 2.24) is 0 Å². The van der Waals surface area contributed by atoms with Crippen LogP contribution in [0.15, 0.2) is 63.7 Å². The van der Waals surface area contributed by atoms with Crippen molar-refractivity contribution in [1.29, 1.82) is 0 Å². The fourth-order valence-electron chi connectivity index (χ4n) is 1.99. The van der Waals surface area contributed by atoms with Crippen molar-refractivity contribution in [2.75, 3.05) is 19.0 Å². The van der Waals surface area contributed by atoms with Gasteiger partial charge in [0.1, 0.15) is 0 Å². The summed E-state index contributed by atoms with van der Waals surface area (Å²) >= 11 is 0. The molecule has 0 bridgehead atoms. The van der Waals surface area contributed by atoms with Crippen LogP contribution in [0.1, 0.15) is 20.8 Å². The first-order valence-electron chi connectivity index (χ1n) is 7.82. The van der Waals surface area contributed by atoms with Gasteiger partial charge in [-0.15, -0.1) is 0 Å². The lowest BCUT2D eigenvalue weighted by Gasteiger charge is -2.18. The Bertz CT molecular complexity index is 835. The minimum Gasteiger partial charge on any atom is -0.378 e. The first-order chi connectivity index (χ1) is 11.6. The molecule has 0 amide bonds. The smallest absolute Gasteiger partial charge is 0.297 e. The first kappa shape index (κ1) is 19.1. The largest absolute Gasteiger partial charge is 0.378 e. The SMILES string of the molecule is CN(C)c1ccc(N=Nc2ccc(S(=O)(=O)OC(C)(C)C)cc2)cc1. The number of anilines is 1. The second-order valence-electron chi connectivity index (χ2n) is 6.75. The van der Waals surface area contributed by atoms with Gasteiger partial charge in [0.25, 0.3) is 10.1 Å². The third kappa shape index (κ3) is 5.65. The standard InChI is InChI=1S/C18H23N3O3S/c1-18(2,3)24-25(22,23)17-12-8-15(9-13-17)20-19-14-6-10-16(11-7-14)21(4)5/h6-13H,1-5H3. The summed E-state index contributed by atoms with van der Waals surface area (Å²) in [5, 5.41) is 8.28. The quantitative estimate of drug-likeness (QED) is 0.573. The molecule has 0 aliphatic rings. The van der Waals surface area contributed by atoms with E-state index in [1.165, 1.54) is 12.1 Å². The summed E-state index contributed by atoms with van der Waals surface area (Å²) in [6.07, 6.45) is 0. The summed E-state index contributed by atoms with van der Waals surface area (Å²) in [5.41, 5.74) is 1.58. The number of nitrogens with zero attached hydrogens (tertiary/aromatic N) is 3. The Morgan fingerprint density at radius 1 is 0.840 bits per heavy atom. The highest BCUT2D eigenvalue weighted by molar-refractivity contribution is 7.86. The van der Waals surface area contributed by atoms with E-state index in [2.05, 4.69) is 10.2 Å². The van der Waals surface area contributed by atoms with Crippen LogP contribution in [0.3, 0.4) is 0 Å². The maximum absolute atomic E-state index is 12.1. The maximum atomic E-state index is 12.1. The summed E-state index contributed by atoms with van der Waals surface area (Å²) in [4.78, 5) is 2.09. The summed E-state index contributed by atoms with van der Waals surface area (Å²) in [6, 6.07) is 13.8. The van der Waals surface area contributed by atoms with Crippen LogP contribution in [-0.4, -0.2) is 28.1 Å². The maximum Gasteiger partial charge on any atom is 0.297 e. The Balaban J connectivity index is 2.12. The zero-order valence-corrected chi connectivity index (χ0v) is 15.9. The molecule has 6 nitrogen and oxygen atoms in total. The number of hydrogen-bond donors (Lipinski definition) is 0. The average Bonchev–Trinajstić information content (AvgIpc) is 2.51. The lowest BCUT2D eigenvalue weighted by molar-refractivity contribution is 0.139. The van der Waals surface area contributed by atoms with Crippen molar-refractivity contribution in [3.63, 3.8) is 0 Å². The molecule has 0 saturated carbocycles. The third-order valence-electron chi connectivity index (χ3n) is 3.13. The lowest BCUT2D eigenvalue weighted by atomic mass is 10.2. The third-order valence-corrected chi connectivity index (χ3v) is 4.70. The molecule has 0 spiro atoms. The number of hydrogen-bond acceptors (Lipinski definition) is 6. The molecule has 0 unspecified atom stereocenters. The van der Waals surface area contributed by atoms with Gasteiger partial charge in [-0.1, -0.05) is 0 Å². The minimum atomic E-state index is -3.79. The van der Waals surface area contributed by atoms with Gasteiger partial charge in [-0.2, -0.15) is 18.6 Å². The van der Waals surface area contributed by atoms with Crippen molar-refractivity contribution < 1.29 is 12.6 Å². The van der Waals surface area contributed by atoms with E-state index < -0.39 is 15.7 Å². The molecule has 2 aromatic carbocycles. The van der Waals surface area contributed by atoms with Gasteiger partial charge in [0.05, 0.1) is 21.9 Å². The van der Waals surface area contributed by atoms with Crippen LogP contribution in [-0.2, 0) is 14.3 Å². The molecule has 0 fully saturated rings. The molecule has 0 radical (unpaired) electrons.